The first-order chi connectivity index (χ1) is 9.11. The maximum Gasteiger partial charge on any atom is 0.267 e. The van der Waals surface area contributed by atoms with Gasteiger partial charge < -0.3 is 4.90 Å². The summed E-state index contributed by atoms with van der Waals surface area (Å²) < 4.78 is 1.84. The number of fused-ring (bicyclic) bond motifs is 2. The van der Waals surface area contributed by atoms with Gasteiger partial charge in [0.25, 0.3) is 9.48 Å². The molecule has 0 saturated heterocycles. The van der Waals surface area contributed by atoms with Crippen LogP contribution in [0.3, 0.4) is 0 Å². The van der Waals surface area contributed by atoms with Gasteiger partial charge in [0.1, 0.15) is 19.8 Å². The van der Waals surface area contributed by atoms with Crippen LogP contribution >= 0.6 is 76.3 Å². The number of anilines is 2. The minimum absolute atomic E-state index is 0.0211. The lowest BCUT2D eigenvalue weighted by Crippen LogP contribution is -2.32. The summed E-state index contributed by atoms with van der Waals surface area (Å²) >= 11 is 13.3. The normalized spacial score (nSPS) is 15.2. The van der Waals surface area contributed by atoms with Crippen LogP contribution in [-0.2, 0) is 0 Å². The van der Waals surface area contributed by atoms with Crippen molar-refractivity contribution in [2.75, 3.05) is 17.3 Å². The summed E-state index contributed by atoms with van der Waals surface area (Å²) in [4.78, 5) is 25.7. The Morgan fingerprint density at radius 1 is 1.00 bits per heavy atom. The molecule has 2 aromatic heterocycles. The summed E-state index contributed by atoms with van der Waals surface area (Å²) in [5.74, 6) is 0.277. The van der Waals surface area contributed by atoms with E-state index in [1.165, 1.54) is 53.1 Å². The van der Waals surface area contributed by atoms with Crippen LogP contribution in [0.2, 0.25) is 0 Å². The highest BCUT2D eigenvalue weighted by atomic mass is 35.5. The van der Waals surface area contributed by atoms with Crippen LogP contribution in [0, 0.1) is 0 Å². The van der Waals surface area contributed by atoms with Crippen LogP contribution in [0.1, 0.15) is 0 Å². The predicted molar refractivity (Wildman–Crippen MR) is 88.4 cm³/mol. The molecule has 1 aliphatic rings. The molecule has 1 aliphatic heterocycles. The van der Waals surface area contributed by atoms with E-state index in [2.05, 4.69) is 0 Å². The van der Waals surface area contributed by atoms with Gasteiger partial charge in [-0.1, -0.05) is 32.4 Å². The molecule has 1 atom stereocenters. The Labute approximate surface area is 137 Å². The second-order valence-electron chi connectivity index (χ2n) is 3.64. The van der Waals surface area contributed by atoms with Crippen LogP contribution in [0.5, 0.6) is 0 Å². The summed E-state index contributed by atoms with van der Waals surface area (Å²) in [5.41, 5.74) is 1.18. The maximum atomic E-state index is 12.0. The Morgan fingerprint density at radius 3 is 2.00 bits per heavy atom. The standard InChI is InChI=1S/C9H5Cl2NO2S5/c10-1-3(11)2-12-4-6(13)16-18-8(4)15-9-5(12)7(14)17-19-9/h3H,1-2H2/t3-/m0/s1. The summed E-state index contributed by atoms with van der Waals surface area (Å²) in [6.45, 7) is 0.378. The van der Waals surface area contributed by atoms with E-state index < -0.39 is 0 Å². The van der Waals surface area contributed by atoms with E-state index in [9.17, 15) is 9.59 Å². The molecule has 3 heterocycles. The number of nitrogens with zero attached hydrogens (tertiary/aromatic N) is 1. The van der Waals surface area contributed by atoms with E-state index in [0.717, 1.165) is 8.42 Å². The Bertz CT molecular complexity index is 663. The third-order valence-corrected chi connectivity index (χ3v) is 9.60. The molecule has 0 bridgehead atoms. The second kappa shape index (κ2) is 5.67. The lowest BCUT2D eigenvalue weighted by Gasteiger charge is -2.27. The zero-order valence-electron chi connectivity index (χ0n) is 9.05. The molecule has 0 fully saturated rings. The quantitative estimate of drug-likeness (QED) is 0.584. The molecule has 10 heteroatoms. The highest BCUT2D eigenvalue weighted by Crippen LogP contribution is 2.51. The fraction of sp³-hybridized carbons (Fsp3) is 0.333. The van der Waals surface area contributed by atoms with Crippen molar-refractivity contribution in [3.63, 3.8) is 0 Å². The smallest absolute Gasteiger partial charge is 0.267 e. The minimum Gasteiger partial charge on any atom is -0.329 e. The van der Waals surface area contributed by atoms with Gasteiger partial charge in [0.05, 0.1) is 5.38 Å². The average molecular weight is 390 g/mol. The molecule has 0 spiro atoms. The van der Waals surface area contributed by atoms with Crippen molar-refractivity contribution in [3.05, 3.63) is 19.1 Å². The second-order valence-corrected chi connectivity index (χ2v) is 10.3. The zero-order chi connectivity index (χ0) is 13.6. The lowest BCUT2D eigenvalue weighted by atomic mass is 10.3. The van der Waals surface area contributed by atoms with Gasteiger partial charge in [-0.2, -0.15) is 0 Å². The van der Waals surface area contributed by atoms with Gasteiger partial charge in [-0.05, 0) is 20.7 Å². The first-order valence-corrected chi connectivity index (χ1v) is 11.1. The third-order valence-electron chi connectivity index (χ3n) is 2.43. The summed E-state index contributed by atoms with van der Waals surface area (Å²) in [5, 5.41) is -0.306. The molecule has 0 radical (unpaired) electrons. The van der Waals surface area contributed by atoms with Gasteiger partial charge in [0.2, 0.25) is 0 Å². The summed E-state index contributed by atoms with van der Waals surface area (Å²) in [6.07, 6.45) is 0. The van der Waals surface area contributed by atoms with E-state index >= 15 is 0 Å². The van der Waals surface area contributed by atoms with Crippen molar-refractivity contribution in [1.82, 2.24) is 0 Å². The molecule has 0 amide bonds. The molecule has 3 rings (SSSR count). The summed E-state index contributed by atoms with van der Waals surface area (Å²) in [7, 11) is 5.28. The Morgan fingerprint density at radius 2 is 1.53 bits per heavy atom. The molecule has 3 nitrogen and oxygen atoms in total. The van der Waals surface area contributed by atoms with Gasteiger partial charge >= 0.3 is 0 Å². The number of hydrogen-bond donors (Lipinski definition) is 0. The highest BCUT2D eigenvalue weighted by Gasteiger charge is 2.32. The Balaban J connectivity index is 2.14. The third kappa shape index (κ3) is 2.52. The van der Waals surface area contributed by atoms with Crippen molar-refractivity contribution in [2.45, 2.75) is 13.8 Å². The van der Waals surface area contributed by atoms with Gasteiger partial charge in [0, 0.05) is 12.4 Å². The van der Waals surface area contributed by atoms with Crippen LogP contribution in [0.25, 0.3) is 0 Å². The zero-order valence-corrected chi connectivity index (χ0v) is 14.6. The fourth-order valence-corrected chi connectivity index (χ4v) is 8.39. The number of rotatable bonds is 3. The molecule has 0 saturated carbocycles. The van der Waals surface area contributed by atoms with E-state index in [1.807, 2.05) is 0 Å². The Hall–Kier alpha value is 0.430. The predicted octanol–water partition coefficient (Wildman–Crippen LogP) is 4.10. The largest absolute Gasteiger partial charge is 0.329 e. The molecule has 0 N–H and O–H groups in total. The first-order valence-electron chi connectivity index (χ1n) is 5.03. The van der Waals surface area contributed by atoms with Gasteiger partial charge in [-0.3, -0.25) is 9.59 Å². The molecule has 2 aromatic rings. The van der Waals surface area contributed by atoms with Gasteiger partial charge in [0.15, 0.2) is 0 Å². The molecule has 102 valence electrons. The fourth-order valence-electron chi connectivity index (χ4n) is 1.67. The molecule has 0 aliphatic carbocycles. The Kier molecular flexibility index (Phi) is 4.29. The number of halogens is 2. The van der Waals surface area contributed by atoms with E-state index in [0.29, 0.717) is 17.9 Å². The van der Waals surface area contributed by atoms with E-state index in [1.54, 1.807) is 4.90 Å². The average Bonchev–Trinajstić information content (AvgIpc) is 2.94. The number of alkyl halides is 2. The van der Waals surface area contributed by atoms with Crippen LogP contribution < -0.4 is 14.4 Å². The van der Waals surface area contributed by atoms with Crippen molar-refractivity contribution in [3.8, 4) is 0 Å². The van der Waals surface area contributed by atoms with Crippen molar-refractivity contribution >= 4 is 87.7 Å². The van der Waals surface area contributed by atoms with Crippen molar-refractivity contribution in [2.24, 2.45) is 0 Å². The van der Waals surface area contributed by atoms with Crippen LogP contribution in [-0.4, -0.2) is 17.8 Å². The SMILES string of the molecule is O=c1ssc2c1N(C[C@@H](Cl)CCl)c1c(ssc1=O)S2. The van der Waals surface area contributed by atoms with Crippen LogP contribution in [0.15, 0.2) is 18.0 Å². The molecule has 0 unspecified atom stereocenters. The van der Waals surface area contributed by atoms with E-state index in [-0.39, 0.29) is 20.7 Å². The number of hydrogen-bond acceptors (Lipinski definition) is 8. The monoisotopic (exact) mass is 389 g/mol. The maximum absolute atomic E-state index is 12.0. The van der Waals surface area contributed by atoms with Crippen LogP contribution in [0.4, 0.5) is 11.4 Å². The van der Waals surface area contributed by atoms with E-state index in [4.69, 9.17) is 23.2 Å². The highest BCUT2D eigenvalue weighted by molar-refractivity contribution is 8.06. The van der Waals surface area contributed by atoms with Crippen molar-refractivity contribution in [1.29, 1.82) is 0 Å². The van der Waals surface area contributed by atoms with Gasteiger partial charge in [-0.15, -0.1) is 23.2 Å². The van der Waals surface area contributed by atoms with Gasteiger partial charge in [-0.25, -0.2) is 0 Å². The first kappa shape index (κ1) is 14.4. The molecular formula is C9H5Cl2NO2S5. The molecular weight excluding hydrogens is 385 g/mol. The summed E-state index contributed by atoms with van der Waals surface area (Å²) in [6, 6.07) is 0. The van der Waals surface area contributed by atoms with Crippen molar-refractivity contribution < 1.29 is 0 Å². The topological polar surface area (TPSA) is 37.4 Å². The molecule has 19 heavy (non-hydrogen) atoms. The minimum atomic E-state index is -0.306. The molecule has 0 aromatic carbocycles. The lowest BCUT2D eigenvalue weighted by molar-refractivity contribution is 0.883.